The largest absolute Gasteiger partial charge is 0.486 e. The summed E-state index contributed by atoms with van der Waals surface area (Å²) in [6.45, 7) is 5.01. The van der Waals surface area contributed by atoms with Crippen molar-refractivity contribution >= 4 is 5.91 Å². The molecule has 1 aliphatic heterocycles. The number of nitrogens with one attached hydrogen (secondary N) is 1. The van der Waals surface area contributed by atoms with E-state index in [9.17, 15) is 4.79 Å². The van der Waals surface area contributed by atoms with Crippen LogP contribution in [0.5, 0.6) is 11.5 Å². The maximum Gasteiger partial charge on any atom is 0.223 e. The quantitative estimate of drug-likeness (QED) is 0.907. The first kappa shape index (κ1) is 12.3. The first-order chi connectivity index (χ1) is 9.11. The van der Waals surface area contributed by atoms with Crippen LogP contribution < -0.4 is 14.8 Å². The highest BCUT2D eigenvalue weighted by Gasteiger charge is 2.46. The van der Waals surface area contributed by atoms with Crippen LogP contribution in [-0.4, -0.2) is 19.1 Å². The van der Waals surface area contributed by atoms with Crippen LogP contribution in [0.25, 0.3) is 0 Å². The second-order valence-electron chi connectivity index (χ2n) is 5.58. The number of carbonyl (C=O) groups excluding carboxylic acids is 1. The van der Waals surface area contributed by atoms with Crippen LogP contribution in [0.15, 0.2) is 18.2 Å². The molecule has 0 unspecified atom stereocenters. The number of ether oxygens (including phenoxy) is 2. The van der Waals surface area contributed by atoms with Crippen molar-refractivity contribution in [1.29, 1.82) is 0 Å². The molecule has 0 radical (unpaired) electrons. The highest BCUT2D eigenvalue weighted by molar-refractivity contribution is 5.79. The Labute approximate surface area is 113 Å². The van der Waals surface area contributed by atoms with Crippen LogP contribution in [0, 0.1) is 5.92 Å². The van der Waals surface area contributed by atoms with Gasteiger partial charge in [-0.3, -0.25) is 4.79 Å². The number of amides is 1. The van der Waals surface area contributed by atoms with E-state index in [1.807, 2.05) is 32.0 Å². The molecule has 1 aromatic rings. The lowest BCUT2D eigenvalue weighted by Gasteiger charge is -2.23. The van der Waals surface area contributed by atoms with E-state index >= 15 is 0 Å². The fraction of sp³-hybridized carbons (Fsp3) is 0.533. The van der Waals surface area contributed by atoms with Gasteiger partial charge in [-0.05, 0) is 30.5 Å². The SMILES string of the molecule is CC(C)C(=O)NC1(c2ccc3c(c2)OCCO3)CC1. The summed E-state index contributed by atoms with van der Waals surface area (Å²) >= 11 is 0. The van der Waals surface area contributed by atoms with Gasteiger partial charge in [-0.1, -0.05) is 19.9 Å². The Bertz CT molecular complexity index is 506. The van der Waals surface area contributed by atoms with E-state index in [2.05, 4.69) is 5.32 Å². The van der Waals surface area contributed by atoms with Gasteiger partial charge in [0.25, 0.3) is 0 Å². The molecule has 0 spiro atoms. The maximum atomic E-state index is 11.9. The Morgan fingerprint density at radius 1 is 1.21 bits per heavy atom. The first-order valence-electron chi connectivity index (χ1n) is 6.83. The second-order valence-corrected chi connectivity index (χ2v) is 5.58. The zero-order valence-electron chi connectivity index (χ0n) is 11.4. The molecule has 1 heterocycles. The summed E-state index contributed by atoms with van der Waals surface area (Å²) in [5.41, 5.74) is 0.933. The molecule has 1 N–H and O–H groups in total. The summed E-state index contributed by atoms with van der Waals surface area (Å²) in [7, 11) is 0. The summed E-state index contributed by atoms with van der Waals surface area (Å²) < 4.78 is 11.1. The van der Waals surface area contributed by atoms with Crippen molar-refractivity contribution in [3.05, 3.63) is 23.8 Å². The average molecular weight is 261 g/mol. The zero-order chi connectivity index (χ0) is 13.5. The average Bonchev–Trinajstić information content (AvgIpc) is 3.19. The topological polar surface area (TPSA) is 47.6 Å². The number of benzene rings is 1. The van der Waals surface area contributed by atoms with Crippen molar-refractivity contribution in [2.75, 3.05) is 13.2 Å². The maximum absolute atomic E-state index is 11.9. The molecule has 4 heteroatoms. The number of rotatable bonds is 3. The predicted molar refractivity (Wildman–Crippen MR) is 71.3 cm³/mol. The molecule has 19 heavy (non-hydrogen) atoms. The van der Waals surface area contributed by atoms with Gasteiger partial charge in [0.1, 0.15) is 13.2 Å². The number of carbonyl (C=O) groups is 1. The molecule has 1 aromatic carbocycles. The Hall–Kier alpha value is -1.71. The van der Waals surface area contributed by atoms with Crippen molar-refractivity contribution in [3.8, 4) is 11.5 Å². The van der Waals surface area contributed by atoms with Crippen LogP contribution >= 0.6 is 0 Å². The van der Waals surface area contributed by atoms with E-state index in [0.717, 1.165) is 29.9 Å². The minimum absolute atomic E-state index is 0.00897. The third-order valence-corrected chi connectivity index (χ3v) is 3.73. The van der Waals surface area contributed by atoms with Gasteiger partial charge >= 0.3 is 0 Å². The van der Waals surface area contributed by atoms with Crippen molar-refractivity contribution in [2.24, 2.45) is 5.92 Å². The van der Waals surface area contributed by atoms with Crippen LogP contribution in [0.1, 0.15) is 32.3 Å². The number of hydrogen-bond acceptors (Lipinski definition) is 3. The molecule has 1 aliphatic carbocycles. The molecule has 0 atom stereocenters. The van der Waals surface area contributed by atoms with Gasteiger partial charge in [-0.15, -0.1) is 0 Å². The lowest BCUT2D eigenvalue weighted by atomic mass is 10.0. The summed E-state index contributed by atoms with van der Waals surface area (Å²) in [5.74, 6) is 1.69. The van der Waals surface area contributed by atoms with E-state index in [1.54, 1.807) is 0 Å². The minimum atomic E-state index is -0.183. The molecule has 0 saturated heterocycles. The Morgan fingerprint density at radius 3 is 2.53 bits per heavy atom. The minimum Gasteiger partial charge on any atom is -0.486 e. The smallest absolute Gasteiger partial charge is 0.223 e. The Morgan fingerprint density at radius 2 is 1.89 bits per heavy atom. The summed E-state index contributed by atoms with van der Waals surface area (Å²) in [5, 5.41) is 3.15. The van der Waals surface area contributed by atoms with E-state index in [1.165, 1.54) is 0 Å². The highest BCUT2D eigenvalue weighted by atomic mass is 16.6. The summed E-state index contributed by atoms with van der Waals surface area (Å²) in [6.07, 6.45) is 1.98. The second kappa shape index (κ2) is 4.44. The van der Waals surface area contributed by atoms with Crippen molar-refractivity contribution in [1.82, 2.24) is 5.32 Å². The zero-order valence-corrected chi connectivity index (χ0v) is 11.4. The lowest BCUT2D eigenvalue weighted by Crippen LogP contribution is -2.37. The Kier molecular flexibility index (Phi) is 2.88. The normalized spacial score (nSPS) is 19.1. The van der Waals surface area contributed by atoms with Crippen LogP contribution in [0.3, 0.4) is 0 Å². The molecule has 3 rings (SSSR count). The lowest BCUT2D eigenvalue weighted by molar-refractivity contribution is -0.125. The fourth-order valence-electron chi connectivity index (χ4n) is 2.33. The molecule has 2 aliphatic rings. The summed E-state index contributed by atoms with van der Waals surface area (Å²) in [6, 6.07) is 5.97. The van der Waals surface area contributed by atoms with E-state index in [-0.39, 0.29) is 17.4 Å². The van der Waals surface area contributed by atoms with Gasteiger partial charge in [0.15, 0.2) is 11.5 Å². The molecular formula is C15H19NO3. The third-order valence-electron chi connectivity index (χ3n) is 3.73. The van der Waals surface area contributed by atoms with E-state index < -0.39 is 0 Å². The van der Waals surface area contributed by atoms with Crippen molar-refractivity contribution < 1.29 is 14.3 Å². The third kappa shape index (κ3) is 2.27. The molecule has 0 aromatic heterocycles. The number of hydrogen-bond donors (Lipinski definition) is 1. The highest BCUT2D eigenvalue weighted by Crippen LogP contribution is 2.48. The first-order valence-corrected chi connectivity index (χ1v) is 6.83. The molecule has 1 fully saturated rings. The molecule has 102 valence electrons. The van der Waals surface area contributed by atoms with Crippen LogP contribution in [0.2, 0.25) is 0 Å². The van der Waals surface area contributed by atoms with Gasteiger partial charge in [0.2, 0.25) is 5.91 Å². The van der Waals surface area contributed by atoms with Crippen molar-refractivity contribution in [3.63, 3.8) is 0 Å². The van der Waals surface area contributed by atoms with Gasteiger partial charge in [-0.25, -0.2) is 0 Å². The van der Waals surface area contributed by atoms with Gasteiger partial charge in [-0.2, -0.15) is 0 Å². The van der Waals surface area contributed by atoms with Crippen LogP contribution in [0.4, 0.5) is 0 Å². The van der Waals surface area contributed by atoms with E-state index in [4.69, 9.17) is 9.47 Å². The molecular weight excluding hydrogens is 242 g/mol. The van der Waals surface area contributed by atoms with Crippen LogP contribution in [-0.2, 0) is 10.3 Å². The van der Waals surface area contributed by atoms with Gasteiger partial charge in [0.05, 0.1) is 5.54 Å². The molecule has 1 amide bonds. The van der Waals surface area contributed by atoms with E-state index in [0.29, 0.717) is 13.2 Å². The molecule has 1 saturated carbocycles. The van der Waals surface area contributed by atoms with Gasteiger partial charge < -0.3 is 14.8 Å². The Balaban J connectivity index is 1.84. The molecule has 0 bridgehead atoms. The van der Waals surface area contributed by atoms with Crippen molar-refractivity contribution in [2.45, 2.75) is 32.2 Å². The van der Waals surface area contributed by atoms with Gasteiger partial charge in [0, 0.05) is 5.92 Å². The fourth-order valence-corrected chi connectivity index (χ4v) is 2.33. The summed E-state index contributed by atoms with van der Waals surface area (Å²) in [4.78, 5) is 11.9. The number of fused-ring (bicyclic) bond motifs is 1. The predicted octanol–water partition coefficient (Wildman–Crippen LogP) is 2.22. The monoisotopic (exact) mass is 261 g/mol. The standard InChI is InChI=1S/C15H19NO3/c1-10(2)14(17)16-15(5-6-15)11-3-4-12-13(9-11)19-8-7-18-12/h3-4,9-10H,5-8H2,1-2H3,(H,16,17). The molecule has 4 nitrogen and oxygen atoms in total.